The molecule has 1 atom stereocenters. The largest absolute Gasteiger partial charge is 0.493 e. The highest BCUT2D eigenvalue weighted by atomic mass is 19.1. The maximum absolute atomic E-state index is 13.5. The van der Waals surface area contributed by atoms with E-state index in [1.807, 2.05) is 6.07 Å². The number of benzene rings is 2. The number of hydrogen-bond donors (Lipinski definition) is 2. The molecule has 120 valence electrons. The van der Waals surface area contributed by atoms with Crippen molar-refractivity contribution in [1.82, 2.24) is 5.32 Å². The van der Waals surface area contributed by atoms with Crippen LogP contribution >= 0.6 is 0 Å². The molecule has 2 aromatic rings. The van der Waals surface area contributed by atoms with E-state index in [1.165, 1.54) is 6.07 Å². The molecule has 4 nitrogen and oxygen atoms in total. The Hall–Kier alpha value is -2.47. The number of nitrogens with one attached hydrogen (secondary N) is 1. The number of aliphatic hydroxyl groups excluding tert-OH is 1. The van der Waals surface area contributed by atoms with Crippen LogP contribution in [0.3, 0.4) is 0 Å². The zero-order valence-corrected chi connectivity index (χ0v) is 12.2. The molecule has 2 aromatic carbocycles. The molecule has 23 heavy (non-hydrogen) atoms. The quantitative estimate of drug-likeness (QED) is 0.909. The minimum Gasteiger partial charge on any atom is -0.493 e. The van der Waals surface area contributed by atoms with Crippen molar-refractivity contribution in [3.05, 3.63) is 64.7 Å². The fraction of sp³-hybridized carbons (Fsp3) is 0.235. The van der Waals surface area contributed by atoms with Gasteiger partial charge >= 0.3 is 0 Å². The number of rotatable bonds is 4. The van der Waals surface area contributed by atoms with Crippen molar-refractivity contribution in [3.8, 4) is 5.75 Å². The zero-order chi connectivity index (χ0) is 16.4. The topological polar surface area (TPSA) is 58.6 Å². The molecule has 1 aliphatic heterocycles. The minimum absolute atomic E-state index is 0.147. The van der Waals surface area contributed by atoms with Crippen LogP contribution in [0.2, 0.25) is 0 Å². The average molecular weight is 319 g/mol. The molecule has 0 saturated heterocycles. The van der Waals surface area contributed by atoms with Gasteiger partial charge in [0.1, 0.15) is 22.9 Å². The lowest BCUT2D eigenvalue weighted by Crippen LogP contribution is -2.29. The number of ether oxygens (including phenoxy) is 1. The van der Waals surface area contributed by atoms with Crippen molar-refractivity contribution < 1.29 is 23.4 Å². The lowest BCUT2D eigenvalue weighted by atomic mass is 10.0. The number of amides is 1. The molecule has 0 fully saturated rings. The lowest BCUT2D eigenvalue weighted by Gasteiger charge is -2.14. The van der Waals surface area contributed by atoms with Gasteiger partial charge in [0.2, 0.25) is 0 Å². The van der Waals surface area contributed by atoms with Crippen molar-refractivity contribution in [2.75, 3.05) is 13.2 Å². The molecule has 1 aliphatic rings. The lowest BCUT2D eigenvalue weighted by molar-refractivity contribution is 0.0908. The molecule has 0 unspecified atom stereocenters. The van der Waals surface area contributed by atoms with Crippen LogP contribution in [0.15, 0.2) is 36.4 Å². The Morgan fingerprint density at radius 3 is 2.74 bits per heavy atom. The highest BCUT2D eigenvalue weighted by Gasteiger charge is 2.19. The monoisotopic (exact) mass is 319 g/mol. The van der Waals surface area contributed by atoms with Gasteiger partial charge in [-0.25, -0.2) is 8.78 Å². The molecule has 1 heterocycles. The van der Waals surface area contributed by atoms with E-state index in [-0.39, 0.29) is 6.54 Å². The first-order valence-electron chi connectivity index (χ1n) is 7.22. The summed E-state index contributed by atoms with van der Waals surface area (Å²) in [7, 11) is 0. The Morgan fingerprint density at radius 2 is 2.00 bits per heavy atom. The Labute approximate surface area is 131 Å². The van der Waals surface area contributed by atoms with Crippen molar-refractivity contribution in [1.29, 1.82) is 0 Å². The van der Waals surface area contributed by atoms with E-state index in [1.54, 1.807) is 12.1 Å². The molecule has 0 aromatic heterocycles. The molecule has 0 bridgehead atoms. The molecular weight excluding hydrogens is 304 g/mol. The first-order chi connectivity index (χ1) is 11.1. The summed E-state index contributed by atoms with van der Waals surface area (Å²) in [4.78, 5) is 11.9. The number of carbonyl (C=O) groups is 1. The van der Waals surface area contributed by atoms with E-state index in [2.05, 4.69) is 5.32 Å². The molecule has 6 heteroatoms. The van der Waals surface area contributed by atoms with Gasteiger partial charge in [-0.05, 0) is 35.4 Å². The maximum atomic E-state index is 13.5. The Morgan fingerprint density at radius 1 is 1.26 bits per heavy atom. The van der Waals surface area contributed by atoms with Gasteiger partial charge in [0, 0.05) is 13.0 Å². The molecular formula is C17H15F2NO3. The number of carbonyl (C=O) groups excluding carboxylic acids is 1. The van der Waals surface area contributed by atoms with Crippen LogP contribution in [-0.4, -0.2) is 24.2 Å². The Kier molecular flexibility index (Phi) is 4.25. The second-order valence-corrected chi connectivity index (χ2v) is 5.29. The third kappa shape index (κ3) is 3.17. The second kappa shape index (κ2) is 6.34. The maximum Gasteiger partial charge on any atom is 0.257 e. The summed E-state index contributed by atoms with van der Waals surface area (Å²) in [5.74, 6) is -1.99. The van der Waals surface area contributed by atoms with E-state index >= 15 is 0 Å². The first kappa shape index (κ1) is 15.4. The van der Waals surface area contributed by atoms with Crippen LogP contribution in [0, 0.1) is 11.6 Å². The predicted molar refractivity (Wildman–Crippen MR) is 79.3 cm³/mol. The van der Waals surface area contributed by atoms with Crippen LogP contribution in [0.25, 0.3) is 0 Å². The Bertz CT molecular complexity index is 728. The van der Waals surface area contributed by atoms with Gasteiger partial charge in [0.25, 0.3) is 5.91 Å². The normalized spacial score (nSPS) is 14.0. The van der Waals surface area contributed by atoms with Gasteiger partial charge in [-0.15, -0.1) is 0 Å². The summed E-state index contributed by atoms with van der Waals surface area (Å²) in [6, 6.07) is 8.47. The molecule has 0 radical (unpaired) electrons. The van der Waals surface area contributed by atoms with Crippen molar-refractivity contribution in [2.24, 2.45) is 0 Å². The van der Waals surface area contributed by atoms with E-state index < -0.39 is 29.2 Å². The smallest absolute Gasteiger partial charge is 0.257 e. The fourth-order valence-corrected chi connectivity index (χ4v) is 2.52. The number of halogens is 2. The minimum atomic E-state index is -0.973. The molecule has 3 rings (SSSR count). The summed E-state index contributed by atoms with van der Waals surface area (Å²) in [5.41, 5.74) is 0.957. The van der Waals surface area contributed by atoms with Crippen LogP contribution in [0.5, 0.6) is 5.75 Å². The summed E-state index contributed by atoms with van der Waals surface area (Å²) in [5, 5.41) is 12.5. The second-order valence-electron chi connectivity index (χ2n) is 5.29. The summed E-state index contributed by atoms with van der Waals surface area (Å²) in [6.45, 7) is 0.463. The molecule has 2 N–H and O–H groups in total. The predicted octanol–water partition coefficient (Wildman–Crippen LogP) is 2.36. The van der Waals surface area contributed by atoms with Gasteiger partial charge < -0.3 is 15.2 Å². The number of aliphatic hydroxyl groups is 1. The molecule has 0 spiro atoms. The van der Waals surface area contributed by atoms with Crippen LogP contribution in [-0.2, 0) is 6.42 Å². The Balaban J connectivity index is 1.67. The summed E-state index contributed by atoms with van der Waals surface area (Å²) >= 11 is 0. The third-order valence-electron chi connectivity index (χ3n) is 3.74. The van der Waals surface area contributed by atoms with Gasteiger partial charge in [-0.1, -0.05) is 12.1 Å². The van der Waals surface area contributed by atoms with E-state index in [4.69, 9.17) is 4.74 Å². The number of fused-ring (bicyclic) bond motifs is 1. The average Bonchev–Trinajstić information content (AvgIpc) is 3.00. The van der Waals surface area contributed by atoms with Crippen molar-refractivity contribution in [2.45, 2.75) is 12.5 Å². The highest BCUT2D eigenvalue weighted by molar-refractivity contribution is 5.94. The standard InChI is InChI=1S/C17H15F2NO3/c18-12-2-1-3-13(19)16(12)17(22)20-9-14(21)10-4-5-15-11(8-10)6-7-23-15/h1-5,8,14,21H,6-7,9H2,(H,20,22)/t14-/m0/s1. The van der Waals surface area contributed by atoms with Gasteiger partial charge in [0.15, 0.2) is 0 Å². The summed E-state index contributed by atoms with van der Waals surface area (Å²) < 4.78 is 32.4. The summed E-state index contributed by atoms with van der Waals surface area (Å²) in [6.07, 6.45) is -0.206. The van der Waals surface area contributed by atoms with E-state index in [0.29, 0.717) is 12.2 Å². The first-order valence-corrected chi connectivity index (χ1v) is 7.22. The van der Waals surface area contributed by atoms with Gasteiger partial charge in [-0.2, -0.15) is 0 Å². The van der Waals surface area contributed by atoms with Crippen molar-refractivity contribution in [3.63, 3.8) is 0 Å². The highest BCUT2D eigenvalue weighted by Crippen LogP contribution is 2.28. The molecule has 0 aliphatic carbocycles. The van der Waals surface area contributed by atoms with Crippen LogP contribution in [0.4, 0.5) is 8.78 Å². The third-order valence-corrected chi connectivity index (χ3v) is 3.74. The molecule has 1 amide bonds. The van der Waals surface area contributed by atoms with Crippen molar-refractivity contribution >= 4 is 5.91 Å². The van der Waals surface area contributed by atoms with E-state index in [0.717, 1.165) is 29.9 Å². The van der Waals surface area contributed by atoms with Crippen LogP contribution in [0.1, 0.15) is 27.6 Å². The zero-order valence-electron chi connectivity index (χ0n) is 12.2. The molecule has 0 saturated carbocycles. The van der Waals surface area contributed by atoms with Crippen LogP contribution < -0.4 is 10.1 Å². The number of hydrogen-bond acceptors (Lipinski definition) is 3. The van der Waals surface area contributed by atoms with Gasteiger partial charge in [0.05, 0.1) is 12.7 Å². The van der Waals surface area contributed by atoms with E-state index in [9.17, 15) is 18.7 Å². The van der Waals surface area contributed by atoms with Gasteiger partial charge in [-0.3, -0.25) is 4.79 Å². The SMILES string of the molecule is O=C(NC[C@H](O)c1ccc2c(c1)CCO2)c1c(F)cccc1F. The fourth-order valence-electron chi connectivity index (χ4n) is 2.52.